The Bertz CT molecular complexity index is 1140. The molecule has 1 saturated heterocycles. The van der Waals surface area contributed by atoms with E-state index in [0.29, 0.717) is 24.2 Å². The van der Waals surface area contributed by atoms with E-state index < -0.39 is 23.2 Å². The fourth-order valence-electron chi connectivity index (χ4n) is 5.05. The van der Waals surface area contributed by atoms with E-state index in [-0.39, 0.29) is 34.8 Å². The topological polar surface area (TPSA) is 48.8 Å². The monoisotopic (exact) mass is 416 g/mol. The number of aryl methyl sites for hydroxylation is 1. The highest BCUT2D eigenvalue weighted by Gasteiger charge is 2.48. The average molecular weight is 416 g/mol. The maximum atomic E-state index is 15.1. The molecule has 2 unspecified atom stereocenters. The largest absolute Gasteiger partial charge is 0.354 e. The third-order valence-corrected chi connectivity index (χ3v) is 7.28. The van der Waals surface area contributed by atoms with Gasteiger partial charge in [0.25, 0.3) is 11.5 Å². The predicted molar refractivity (Wildman–Crippen MR) is 112 cm³/mol. The molecule has 0 N–H and O–H groups in total. The number of nitrogens with zero attached hydrogens (tertiary/aromatic N) is 4. The van der Waals surface area contributed by atoms with Crippen molar-refractivity contribution in [2.75, 3.05) is 29.9 Å². The first-order valence-electron chi connectivity index (χ1n) is 10.5. The van der Waals surface area contributed by atoms with Crippen LogP contribution in [-0.2, 0) is 11.8 Å². The van der Waals surface area contributed by atoms with E-state index in [1.807, 2.05) is 18.9 Å². The molecule has 2 aliphatic heterocycles. The Morgan fingerprint density at radius 2 is 1.77 bits per heavy atom. The van der Waals surface area contributed by atoms with Gasteiger partial charge >= 0.3 is 0 Å². The van der Waals surface area contributed by atoms with Gasteiger partial charge in [0.1, 0.15) is 17.5 Å². The van der Waals surface area contributed by atoms with Crippen LogP contribution in [0.1, 0.15) is 31.7 Å². The van der Waals surface area contributed by atoms with Gasteiger partial charge in [-0.3, -0.25) is 14.5 Å². The number of hydrogen-bond acceptors (Lipinski definition) is 4. The summed E-state index contributed by atoms with van der Waals surface area (Å²) >= 11 is 0. The van der Waals surface area contributed by atoms with E-state index in [2.05, 4.69) is 4.90 Å². The molecule has 1 amide bonds. The highest BCUT2D eigenvalue weighted by atomic mass is 19.1. The van der Waals surface area contributed by atoms with E-state index in [4.69, 9.17) is 0 Å². The smallest absolute Gasteiger partial charge is 0.277 e. The minimum absolute atomic E-state index is 0.0339. The Morgan fingerprint density at radius 3 is 2.40 bits per heavy atom. The Balaban J connectivity index is 1.89. The molecule has 8 heteroatoms. The summed E-state index contributed by atoms with van der Waals surface area (Å²) in [6.07, 6.45) is 2.68. The van der Waals surface area contributed by atoms with Crippen LogP contribution >= 0.6 is 0 Å². The quantitative estimate of drug-likeness (QED) is 0.717. The highest BCUT2D eigenvalue weighted by molar-refractivity contribution is 6.12. The fourth-order valence-corrected chi connectivity index (χ4v) is 5.05. The Morgan fingerprint density at radius 1 is 1.07 bits per heavy atom. The molecular formula is C22H26F2N4O2. The van der Waals surface area contributed by atoms with Gasteiger partial charge in [-0.05, 0) is 46.2 Å². The van der Waals surface area contributed by atoms with Gasteiger partial charge in [-0.25, -0.2) is 8.78 Å². The van der Waals surface area contributed by atoms with Crippen LogP contribution in [0.15, 0.2) is 10.9 Å². The summed E-state index contributed by atoms with van der Waals surface area (Å²) in [5.74, 6) is -1.46. The molecular weight excluding hydrogens is 390 g/mol. The minimum Gasteiger partial charge on any atom is -0.354 e. The Labute approximate surface area is 173 Å². The van der Waals surface area contributed by atoms with Crippen molar-refractivity contribution in [1.82, 2.24) is 9.47 Å². The first-order valence-corrected chi connectivity index (χ1v) is 10.5. The van der Waals surface area contributed by atoms with E-state index in [1.54, 1.807) is 4.90 Å². The maximum Gasteiger partial charge on any atom is 0.277 e. The zero-order chi connectivity index (χ0) is 21.5. The predicted octanol–water partition coefficient (Wildman–Crippen LogP) is 2.53. The third kappa shape index (κ3) is 2.43. The zero-order valence-electron chi connectivity index (χ0n) is 17.7. The van der Waals surface area contributed by atoms with Crippen molar-refractivity contribution in [2.24, 2.45) is 7.05 Å². The van der Waals surface area contributed by atoms with Crippen molar-refractivity contribution in [3.8, 4) is 0 Å². The molecule has 30 heavy (non-hydrogen) atoms. The lowest BCUT2D eigenvalue weighted by molar-refractivity contribution is -0.122. The second-order valence-corrected chi connectivity index (χ2v) is 9.00. The molecule has 3 heterocycles. The molecule has 0 bridgehead atoms. The van der Waals surface area contributed by atoms with Gasteiger partial charge in [0.2, 0.25) is 0 Å². The standard InChI is InChI=1S/C22H26F2N4O2/c1-11-9-27-16(10-25(11)3)21(29)28(13-6-5-7-13)20-19(27)14-8-15(23)12(2)17(24)18(14)26(4)22(20)30/h8,11,13,16H,5-7,9-10H2,1-4H3. The van der Waals surface area contributed by atoms with Crippen LogP contribution in [0, 0.1) is 18.6 Å². The summed E-state index contributed by atoms with van der Waals surface area (Å²) in [7, 11) is 3.47. The number of carbonyl (C=O) groups excluding carboxylic acids is 1. The van der Waals surface area contributed by atoms with E-state index in [9.17, 15) is 14.0 Å². The molecule has 160 valence electrons. The van der Waals surface area contributed by atoms with E-state index in [1.165, 1.54) is 24.6 Å². The lowest BCUT2D eigenvalue weighted by Gasteiger charge is -2.52. The van der Waals surface area contributed by atoms with Gasteiger partial charge in [-0.2, -0.15) is 0 Å². The summed E-state index contributed by atoms with van der Waals surface area (Å²) in [5, 5.41) is 0.353. The summed E-state index contributed by atoms with van der Waals surface area (Å²) in [4.78, 5) is 32.7. The SMILES string of the molecule is Cc1c(F)cc2c3c(c(=O)n(C)c2c1F)N(C1CCC1)C(=O)C1CN(C)C(C)CN31. The number of fused-ring (bicyclic) bond motifs is 5. The molecule has 2 atom stereocenters. The van der Waals surface area contributed by atoms with Crippen LogP contribution in [0.25, 0.3) is 10.9 Å². The summed E-state index contributed by atoms with van der Waals surface area (Å²) in [6, 6.07) is 0.952. The second kappa shape index (κ2) is 6.51. The molecule has 1 aromatic heterocycles. The van der Waals surface area contributed by atoms with Crippen LogP contribution < -0.4 is 15.4 Å². The van der Waals surface area contributed by atoms with Gasteiger partial charge in [-0.1, -0.05) is 0 Å². The molecule has 1 saturated carbocycles. The van der Waals surface area contributed by atoms with Crippen molar-refractivity contribution >= 4 is 28.2 Å². The number of anilines is 2. The minimum atomic E-state index is -0.724. The van der Waals surface area contributed by atoms with Crippen molar-refractivity contribution < 1.29 is 13.6 Å². The molecule has 0 spiro atoms. The van der Waals surface area contributed by atoms with Gasteiger partial charge in [0.05, 0.1) is 11.2 Å². The molecule has 6 nitrogen and oxygen atoms in total. The molecule has 1 aromatic carbocycles. The average Bonchev–Trinajstić information content (AvgIpc) is 2.66. The fraction of sp³-hybridized carbons (Fsp3) is 0.545. The van der Waals surface area contributed by atoms with Crippen molar-refractivity contribution in [2.45, 2.75) is 51.2 Å². The Kier molecular flexibility index (Phi) is 4.23. The number of pyridine rings is 1. The molecule has 2 fully saturated rings. The lowest BCUT2D eigenvalue weighted by atomic mass is 9.88. The number of aromatic nitrogens is 1. The third-order valence-electron chi connectivity index (χ3n) is 7.28. The maximum absolute atomic E-state index is 15.1. The highest BCUT2D eigenvalue weighted by Crippen LogP contribution is 2.45. The number of halogens is 2. The van der Waals surface area contributed by atoms with E-state index >= 15 is 4.39 Å². The molecule has 5 rings (SSSR count). The van der Waals surface area contributed by atoms with Crippen LogP contribution in [0.5, 0.6) is 0 Å². The van der Waals surface area contributed by atoms with Gasteiger partial charge in [-0.15, -0.1) is 0 Å². The molecule has 1 aliphatic carbocycles. The van der Waals surface area contributed by atoms with Gasteiger partial charge < -0.3 is 14.4 Å². The molecule has 2 aromatic rings. The lowest BCUT2D eigenvalue weighted by Crippen LogP contribution is -2.67. The number of benzene rings is 1. The van der Waals surface area contributed by atoms with Crippen LogP contribution in [0.4, 0.5) is 20.2 Å². The van der Waals surface area contributed by atoms with Gasteiger partial charge in [0.15, 0.2) is 5.82 Å². The zero-order valence-corrected chi connectivity index (χ0v) is 17.7. The first kappa shape index (κ1) is 19.5. The molecule has 0 radical (unpaired) electrons. The summed E-state index contributed by atoms with van der Waals surface area (Å²) in [5.41, 5.74) is 0.347. The number of amides is 1. The second-order valence-electron chi connectivity index (χ2n) is 9.00. The number of likely N-dealkylation sites (N-methyl/N-ethyl adjacent to an activating group) is 1. The molecule has 3 aliphatic rings. The van der Waals surface area contributed by atoms with Crippen molar-refractivity contribution in [3.63, 3.8) is 0 Å². The normalized spacial score (nSPS) is 24.8. The number of carbonyl (C=O) groups is 1. The van der Waals surface area contributed by atoms with Crippen molar-refractivity contribution in [3.05, 3.63) is 33.6 Å². The number of piperazine rings is 1. The van der Waals surface area contributed by atoms with Gasteiger partial charge in [0, 0.05) is 43.2 Å². The van der Waals surface area contributed by atoms with Crippen LogP contribution in [0.2, 0.25) is 0 Å². The number of rotatable bonds is 1. The number of hydrogen-bond donors (Lipinski definition) is 0. The summed E-state index contributed by atoms with van der Waals surface area (Å²) in [6.45, 7) is 4.44. The van der Waals surface area contributed by atoms with E-state index in [0.717, 1.165) is 19.3 Å². The summed E-state index contributed by atoms with van der Waals surface area (Å²) < 4.78 is 31.0. The first-order chi connectivity index (χ1) is 14.2. The Hall–Kier alpha value is -2.48. The van der Waals surface area contributed by atoms with Crippen molar-refractivity contribution in [1.29, 1.82) is 0 Å². The van der Waals surface area contributed by atoms with Crippen LogP contribution in [-0.4, -0.2) is 53.6 Å². The van der Waals surface area contributed by atoms with Crippen LogP contribution in [0.3, 0.4) is 0 Å².